The summed E-state index contributed by atoms with van der Waals surface area (Å²) in [6.45, 7) is 5.34. The van der Waals surface area contributed by atoms with Crippen molar-refractivity contribution in [3.05, 3.63) is 23.3 Å². The van der Waals surface area contributed by atoms with Crippen LogP contribution in [0.5, 0.6) is 11.5 Å². The lowest BCUT2D eigenvalue weighted by Crippen LogP contribution is -2.07. The molecule has 0 saturated heterocycles. The number of aliphatic hydroxyl groups excluding tert-OH is 1. The minimum atomic E-state index is -0.329. The summed E-state index contributed by atoms with van der Waals surface area (Å²) < 4.78 is 11.3. The van der Waals surface area contributed by atoms with E-state index in [1.807, 2.05) is 13.0 Å². The van der Waals surface area contributed by atoms with Gasteiger partial charge in [-0.05, 0) is 43.0 Å². The van der Waals surface area contributed by atoms with E-state index in [1.54, 1.807) is 0 Å². The zero-order chi connectivity index (χ0) is 12.3. The van der Waals surface area contributed by atoms with E-state index in [2.05, 4.69) is 13.0 Å². The van der Waals surface area contributed by atoms with Gasteiger partial charge in [0.15, 0.2) is 11.5 Å². The van der Waals surface area contributed by atoms with Crippen LogP contribution in [0, 0.1) is 0 Å². The molecule has 1 aliphatic heterocycles. The number of rotatable bonds is 3. The Morgan fingerprint density at radius 1 is 1.18 bits per heavy atom. The third-order valence-corrected chi connectivity index (χ3v) is 2.97. The van der Waals surface area contributed by atoms with Gasteiger partial charge < -0.3 is 14.6 Å². The second-order valence-corrected chi connectivity index (χ2v) is 4.52. The Labute approximate surface area is 102 Å². The number of hydrogen-bond acceptors (Lipinski definition) is 3. The van der Waals surface area contributed by atoms with E-state index in [0.717, 1.165) is 29.9 Å². The second-order valence-electron chi connectivity index (χ2n) is 4.52. The standard InChI is InChI=1S/C14H20O3/c1-3-11-8-13-14(17-6-4-5-16-13)9-12(11)7-10(2)15/h8-10,15H,3-7H2,1-2H3. The molecule has 1 atom stereocenters. The predicted octanol–water partition coefficient (Wildman–Crippen LogP) is 2.33. The van der Waals surface area contributed by atoms with Crippen LogP contribution >= 0.6 is 0 Å². The van der Waals surface area contributed by atoms with Crippen LogP contribution in [0.1, 0.15) is 31.4 Å². The van der Waals surface area contributed by atoms with E-state index in [0.29, 0.717) is 19.6 Å². The predicted molar refractivity (Wildman–Crippen MR) is 66.8 cm³/mol. The molecule has 2 rings (SSSR count). The van der Waals surface area contributed by atoms with Gasteiger partial charge in [-0.25, -0.2) is 0 Å². The number of hydrogen-bond donors (Lipinski definition) is 1. The Morgan fingerprint density at radius 2 is 1.76 bits per heavy atom. The minimum Gasteiger partial charge on any atom is -0.490 e. The minimum absolute atomic E-state index is 0.329. The molecule has 0 saturated carbocycles. The summed E-state index contributed by atoms with van der Waals surface area (Å²) in [7, 11) is 0. The molecule has 1 heterocycles. The van der Waals surface area contributed by atoms with Crippen LogP contribution < -0.4 is 9.47 Å². The van der Waals surface area contributed by atoms with Crippen molar-refractivity contribution in [2.45, 2.75) is 39.2 Å². The number of benzene rings is 1. The van der Waals surface area contributed by atoms with Gasteiger partial charge in [0, 0.05) is 6.42 Å². The Kier molecular flexibility index (Phi) is 3.89. The highest BCUT2D eigenvalue weighted by atomic mass is 16.5. The fraction of sp³-hybridized carbons (Fsp3) is 0.571. The van der Waals surface area contributed by atoms with Gasteiger partial charge >= 0.3 is 0 Å². The van der Waals surface area contributed by atoms with Crippen molar-refractivity contribution in [1.82, 2.24) is 0 Å². The molecule has 1 N–H and O–H groups in total. The van der Waals surface area contributed by atoms with Gasteiger partial charge in [-0.15, -0.1) is 0 Å². The lowest BCUT2D eigenvalue weighted by atomic mass is 9.99. The highest BCUT2D eigenvalue weighted by molar-refractivity contribution is 5.48. The van der Waals surface area contributed by atoms with Crippen LogP contribution in [0.4, 0.5) is 0 Å². The first-order valence-corrected chi connectivity index (χ1v) is 6.30. The van der Waals surface area contributed by atoms with Gasteiger partial charge in [-0.1, -0.05) is 6.92 Å². The van der Waals surface area contributed by atoms with Crippen molar-refractivity contribution in [3.63, 3.8) is 0 Å². The topological polar surface area (TPSA) is 38.7 Å². The fourth-order valence-corrected chi connectivity index (χ4v) is 2.13. The van der Waals surface area contributed by atoms with Crippen molar-refractivity contribution >= 4 is 0 Å². The van der Waals surface area contributed by atoms with Crippen molar-refractivity contribution in [2.75, 3.05) is 13.2 Å². The van der Waals surface area contributed by atoms with Crippen LogP contribution in [-0.2, 0) is 12.8 Å². The molecule has 17 heavy (non-hydrogen) atoms. The van der Waals surface area contributed by atoms with Crippen molar-refractivity contribution in [2.24, 2.45) is 0 Å². The average molecular weight is 236 g/mol. The summed E-state index contributed by atoms with van der Waals surface area (Å²) in [5, 5.41) is 9.51. The zero-order valence-corrected chi connectivity index (χ0v) is 10.5. The molecular weight excluding hydrogens is 216 g/mol. The molecule has 0 bridgehead atoms. The van der Waals surface area contributed by atoms with Gasteiger partial charge in [0.1, 0.15) is 0 Å². The van der Waals surface area contributed by atoms with E-state index in [1.165, 1.54) is 5.56 Å². The zero-order valence-electron chi connectivity index (χ0n) is 10.5. The maximum Gasteiger partial charge on any atom is 0.161 e. The molecule has 1 aromatic carbocycles. The Bertz CT molecular complexity index is 385. The third-order valence-electron chi connectivity index (χ3n) is 2.97. The summed E-state index contributed by atoms with van der Waals surface area (Å²) in [6.07, 6.45) is 2.20. The highest BCUT2D eigenvalue weighted by Crippen LogP contribution is 2.33. The van der Waals surface area contributed by atoms with Crippen molar-refractivity contribution in [1.29, 1.82) is 0 Å². The summed E-state index contributed by atoms with van der Waals surface area (Å²) >= 11 is 0. The van der Waals surface area contributed by atoms with Crippen LogP contribution in [0.3, 0.4) is 0 Å². The monoisotopic (exact) mass is 236 g/mol. The van der Waals surface area contributed by atoms with Crippen LogP contribution in [0.25, 0.3) is 0 Å². The molecule has 0 amide bonds. The van der Waals surface area contributed by atoms with E-state index >= 15 is 0 Å². The fourth-order valence-electron chi connectivity index (χ4n) is 2.13. The Hall–Kier alpha value is -1.22. The maximum atomic E-state index is 9.51. The number of fused-ring (bicyclic) bond motifs is 1. The molecule has 0 spiro atoms. The van der Waals surface area contributed by atoms with Gasteiger partial charge in [-0.2, -0.15) is 0 Å². The van der Waals surface area contributed by atoms with E-state index in [-0.39, 0.29) is 6.10 Å². The number of aliphatic hydroxyl groups is 1. The Morgan fingerprint density at radius 3 is 2.29 bits per heavy atom. The maximum absolute atomic E-state index is 9.51. The van der Waals surface area contributed by atoms with Crippen molar-refractivity contribution in [3.8, 4) is 11.5 Å². The summed E-state index contributed by atoms with van der Waals surface area (Å²) in [5.41, 5.74) is 2.39. The SMILES string of the molecule is CCc1cc2c(cc1CC(C)O)OCCCO2. The van der Waals surface area contributed by atoms with Crippen molar-refractivity contribution < 1.29 is 14.6 Å². The quantitative estimate of drug-likeness (QED) is 0.875. The van der Waals surface area contributed by atoms with Gasteiger partial charge in [0.2, 0.25) is 0 Å². The smallest absolute Gasteiger partial charge is 0.161 e. The largest absolute Gasteiger partial charge is 0.490 e. The molecule has 0 radical (unpaired) electrons. The van der Waals surface area contributed by atoms with Crippen LogP contribution in [0.2, 0.25) is 0 Å². The molecule has 0 fully saturated rings. The molecule has 0 aliphatic carbocycles. The molecule has 1 aromatic rings. The first kappa shape index (κ1) is 12.2. The lowest BCUT2D eigenvalue weighted by molar-refractivity contribution is 0.195. The highest BCUT2D eigenvalue weighted by Gasteiger charge is 2.14. The summed E-state index contributed by atoms with van der Waals surface area (Å²) in [4.78, 5) is 0. The number of ether oxygens (including phenoxy) is 2. The Balaban J connectivity index is 2.35. The first-order chi connectivity index (χ1) is 8.20. The summed E-state index contributed by atoms with van der Waals surface area (Å²) in [6, 6.07) is 4.07. The molecule has 1 unspecified atom stereocenters. The van der Waals surface area contributed by atoms with Gasteiger partial charge in [0.25, 0.3) is 0 Å². The van der Waals surface area contributed by atoms with Crippen LogP contribution in [-0.4, -0.2) is 24.4 Å². The molecule has 0 aromatic heterocycles. The molecule has 3 heteroatoms. The first-order valence-electron chi connectivity index (χ1n) is 6.30. The van der Waals surface area contributed by atoms with E-state index < -0.39 is 0 Å². The van der Waals surface area contributed by atoms with E-state index in [4.69, 9.17) is 9.47 Å². The average Bonchev–Trinajstić information content (AvgIpc) is 2.51. The third kappa shape index (κ3) is 2.91. The molecule has 1 aliphatic rings. The normalized spacial score (nSPS) is 16.4. The lowest BCUT2D eigenvalue weighted by Gasteiger charge is -2.14. The number of aryl methyl sites for hydroxylation is 1. The van der Waals surface area contributed by atoms with E-state index in [9.17, 15) is 5.11 Å². The van der Waals surface area contributed by atoms with Gasteiger partial charge in [0.05, 0.1) is 19.3 Å². The second kappa shape index (κ2) is 5.41. The molecule has 94 valence electrons. The van der Waals surface area contributed by atoms with Crippen LogP contribution in [0.15, 0.2) is 12.1 Å². The molecular formula is C14H20O3. The summed E-state index contributed by atoms with van der Waals surface area (Å²) in [5.74, 6) is 1.66. The van der Waals surface area contributed by atoms with Gasteiger partial charge in [-0.3, -0.25) is 0 Å². The molecule has 3 nitrogen and oxygen atoms in total.